The first-order valence-electron chi connectivity index (χ1n) is 8.18. The fourth-order valence-electron chi connectivity index (χ4n) is 3.01. The number of halogens is 2. The third-order valence-electron chi connectivity index (χ3n) is 4.31. The monoisotopic (exact) mass is 366 g/mol. The van der Waals surface area contributed by atoms with E-state index in [0.717, 1.165) is 25.2 Å². The van der Waals surface area contributed by atoms with Crippen LogP contribution in [-0.4, -0.2) is 43.8 Å². The molecule has 1 aliphatic heterocycles. The van der Waals surface area contributed by atoms with Crippen LogP contribution < -0.4 is 0 Å². The van der Waals surface area contributed by atoms with Crippen molar-refractivity contribution < 1.29 is 17.2 Å². The Hall–Kier alpha value is -1.83. The Morgan fingerprint density at radius 3 is 2.40 bits per heavy atom. The first-order chi connectivity index (χ1) is 12.0. The molecule has 0 aliphatic carbocycles. The molecule has 2 aromatic rings. The van der Waals surface area contributed by atoms with Gasteiger partial charge in [-0.25, -0.2) is 17.2 Å². The highest BCUT2D eigenvalue weighted by Crippen LogP contribution is 2.22. The number of sulfonamides is 1. The van der Waals surface area contributed by atoms with Crippen molar-refractivity contribution in [3.05, 3.63) is 65.7 Å². The molecule has 0 bridgehead atoms. The van der Waals surface area contributed by atoms with Gasteiger partial charge in [0.25, 0.3) is 0 Å². The summed E-state index contributed by atoms with van der Waals surface area (Å²) in [5.74, 6) is -1.84. The fourth-order valence-corrected chi connectivity index (χ4v) is 4.53. The van der Waals surface area contributed by atoms with Gasteiger partial charge in [0.15, 0.2) is 0 Å². The molecule has 0 saturated carbocycles. The third kappa shape index (κ3) is 4.23. The topological polar surface area (TPSA) is 40.6 Å². The molecular weight excluding hydrogens is 346 g/mol. The lowest BCUT2D eigenvalue weighted by atomic mass is 10.2. The van der Waals surface area contributed by atoms with Gasteiger partial charge in [-0.05, 0) is 30.7 Å². The number of rotatable bonds is 4. The summed E-state index contributed by atoms with van der Waals surface area (Å²) in [6, 6.07) is 12.5. The number of nitrogens with zero attached hydrogens (tertiary/aromatic N) is 2. The molecule has 1 aliphatic rings. The van der Waals surface area contributed by atoms with Crippen molar-refractivity contribution >= 4 is 10.0 Å². The van der Waals surface area contributed by atoms with E-state index in [1.54, 1.807) is 0 Å². The van der Waals surface area contributed by atoms with Gasteiger partial charge < -0.3 is 0 Å². The summed E-state index contributed by atoms with van der Waals surface area (Å²) in [4.78, 5) is 1.72. The number of hydrogen-bond acceptors (Lipinski definition) is 3. The van der Waals surface area contributed by atoms with E-state index in [-0.39, 0.29) is 6.54 Å². The molecule has 0 unspecified atom stereocenters. The standard InChI is InChI=1S/C18H20F2N2O2S/c19-16-7-8-18(17(20)13-16)25(23,24)22-10-4-9-21(11-12-22)14-15-5-2-1-3-6-15/h1-3,5-8,13H,4,9-12,14H2. The van der Waals surface area contributed by atoms with Crippen LogP contribution in [0.4, 0.5) is 8.78 Å². The van der Waals surface area contributed by atoms with Crippen molar-refractivity contribution in [2.24, 2.45) is 0 Å². The molecule has 0 N–H and O–H groups in total. The molecule has 134 valence electrons. The molecule has 3 rings (SSSR count). The molecule has 1 heterocycles. The molecule has 7 heteroatoms. The second-order valence-corrected chi connectivity index (χ2v) is 8.00. The predicted octanol–water partition coefficient (Wildman–Crippen LogP) is 2.86. The zero-order valence-electron chi connectivity index (χ0n) is 13.7. The van der Waals surface area contributed by atoms with Crippen LogP contribution in [0.15, 0.2) is 53.4 Å². The Morgan fingerprint density at radius 1 is 0.920 bits per heavy atom. The van der Waals surface area contributed by atoms with Crippen molar-refractivity contribution in [2.45, 2.75) is 17.9 Å². The van der Waals surface area contributed by atoms with Gasteiger partial charge in [-0.3, -0.25) is 4.90 Å². The van der Waals surface area contributed by atoms with Crippen LogP contribution in [0.2, 0.25) is 0 Å². The third-order valence-corrected chi connectivity index (χ3v) is 6.24. The van der Waals surface area contributed by atoms with E-state index < -0.39 is 26.6 Å². The maximum Gasteiger partial charge on any atom is 0.246 e. The Morgan fingerprint density at radius 2 is 1.68 bits per heavy atom. The van der Waals surface area contributed by atoms with Crippen molar-refractivity contribution in [2.75, 3.05) is 26.2 Å². The predicted molar refractivity (Wildman–Crippen MR) is 91.5 cm³/mol. The minimum atomic E-state index is -3.96. The minimum absolute atomic E-state index is 0.284. The van der Waals surface area contributed by atoms with E-state index in [1.807, 2.05) is 30.3 Å². The highest BCUT2D eigenvalue weighted by Gasteiger charge is 2.29. The molecule has 0 aromatic heterocycles. The largest absolute Gasteiger partial charge is 0.298 e. The Balaban J connectivity index is 1.71. The molecule has 0 atom stereocenters. The molecule has 0 amide bonds. The number of hydrogen-bond donors (Lipinski definition) is 0. The lowest BCUT2D eigenvalue weighted by Crippen LogP contribution is -2.35. The highest BCUT2D eigenvalue weighted by atomic mass is 32.2. The van der Waals surface area contributed by atoms with Crippen molar-refractivity contribution in [3.8, 4) is 0 Å². The number of benzene rings is 2. The van der Waals surface area contributed by atoms with Gasteiger partial charge in [0.05, 0.1) is 0 Å². The van der Waals surface area contributed by atoms with E-state index >= 15 is 0 Å². The minimum Gasteiger partial charge on any atom is -0.298 e. The summed E-state index contributed by atoms with van der Waals surface area (Å²) in [6.45, 7) is 2.69. The zero-order valence-corrected chi connectivity index (χ0v) is 14.6. The van der Waals surface area contributed by atoms with E-state index in [0.29, 0.717) is 25.6 Å². The second kappa shape index (κ2) is 7.59. The lowest BCUT2D eigenvalue weighted by molar-refractivity contribution is 0.278. The first kappa shape index (κ1) is 18.0. The Kier molecular flexibility index (Phi) is 5.46. The second-order valence-electron chi connectivity index (χ2n) is 6.09. The molecule has 4 nitrogen and oxygen atoms in total. The maximum absolute atomic E-state index is 13.9. The van der Waals surface area contributed by atoms with Gasteiger partial charge >= 0.3 is 0 Å². The van der Waals surface area contributed by atoms with Crippen LogP contribution in [-0.2, 0) is 16.6 Å². The maximum atomic E-state index is 13.9. The Labute approximate surface area is 146 Å². The summed E-state index contributed by atoms with van der Waals surface area (Å²) in [7, 11) is -3.96. The van der Waals surface area contributed by atoms with Crippen molar-refractivity contribution in [3.63, 3.8) is 0 Å². The fraction of sp³-hybridized carbons (Fsp3) is 0.333. The summed E-state index contributed by atoms with van der Waals surface area (Å²) in [6.07, 6.45) is 0.662. The zero-order chi connectivity index (χ0) is 17.9. The van der Waals surface area contributed by atoms with Crippen LogP contribution in [0.1, 0.15) is 12.0 Å². The summed E-state index contributed by atoms with van der Waals surface area (Å²) in [5, 5.41) is 0. The average molecular weight is 366 g/mol. The normalized spacial score (nSPS) is 17.4. The van der Waals surface area contributed by atoms with Crippen LogP contribution in [0.5, 0.6) is 0 Å². The van der Waals surface area contributed by atoms with Crippen LogP contribution >= 0.6 is 0 Å². The van der Waals surface area contributed by atoms with E-state index in [9.17, 15) is 17.2 Å². The van der Waals surface area contributed by atoms with Gasteiger partial charge in [0, 0.05) is 32.2 Å². The molecule has 0 radical (unpaired) electrons. The molecule has 2 aromatic carbocycles. The lowest BCUT2D eigenvalue weighted by Gasteiger charge is -2.22. The highest BCUT2D eigenvalue weighted by molar-refractivity contribution is 7.89. The molecule has 0 spiro atoms. The van der Waals surface area contributed by atoms with Gasteiger partial charge in [0.1, 0.15) is 16.5 Å². The first-order valence-corrected chi connectivity index (χ1v) is 9.62. The molecule has 25 heavy (non-hydrogen) atoms. The van der Waals surface area contributed by atoms with Gasteiger partial charge in [0.2, 0.25) is 10.0 Å². The van der Waals surface area contributed by atoms with Crippen LogP contribution in [0.25, 0.3) is 0 Å². The Bertz CT molecular complexity index is 828. The van der Waals surface area contributed by atoms with Gasteiger partial charge in [-0.15, -0.1) is 0 Å². The van der Waals surface area contributed by atoms with Gasteiger partial charge in [-0.2, -0.15) is 4.31 Å². The van der Waals surface area contributed by atoms with E-state index in [4.69, 9.17) is 0 Å². The summed E-state index contributed by atoms with van der Waals surface area (Å²) >= 11 is 0. The van der Waals surface area contributed by atoms with Crippen LogP contribution in [0, 0.1) is 11.6 Å². The quantitative estimate of drug-likeness (QED) is 0.836. The summed E-state index contributed by atoms with van der Waals surface area (Å²) in [5.41, 5.74) is 1.17. The van der Waals surface area contributed by atoms with Gasteiger partial charge in [-0.1, -0.05) is 30.3 Å². The molecule has 1 fully saturated rings. The van der Waals surface area contributed by atoms with Crippen molar-refractivity contribution in [1.29, 1.82) is 0 Å². The van der Waals surface area contributed by atoms with E-state index in [2.05, 4.69) is 4.90 Å². The SMILES string of the molecule is O=S(=O)(c1ccc(F)cc1F)N1CCCN(Cc2ccccc2)CC1. The van der Waals surface area contributed by atoms with E-state index in [1.165, 1.54) is 9.87 Å². The average Bonchev–Trinajstić information content (AvgIpc) is 2.81. The van der Waals surface area contributed by atoms with Crippen molar-refractivity contribution in [1.82, 2.24) is 9.21 Å². The smallest absolute Gasteiger partial charge is 0.246 e. The molecule has 1 saturated heterocycles. The molecular formula is C18H20F2N2O2S. The van der Waals surface area contributed by atoms with Crippen LogP contribution in [0.3, 0.4) is 0 Å². The summed E-state index contributed by atoms with van der Waals surface area (Å²) < 4.78 is 53.6.